The molecule has 0 radical (unpaired) electrons. The fourth-order valence-corrected chi connectivity index (χ4v) is 3.62. The zero-order chi connectivity index (χ0) is 14.2. The molecule has 102 valence electrons. The predicted octanol–water partition coefficient (Wildman–Crippen LogP) is 4.61. The average Bonchev–Trinajstić information content (AvgIpc) is 2.74. The van der Waals surface area contributed by atoms with Crippen LogP contribution in [0.25, 0.3) is 0 Å². The van der Waals surface area contributed by atoms with Gasteiger partial charge in [0.05, 0.1) is 0 Å². The molecule has 1 aliphatic rings. The molecule has 1 nitrogen and oxygen atoms in total. The summed E-state index contributed by atoms with van der Waals surface area (Å²) >= 11 is 0. The van der Waals surface area contributed by atoms with E-state index in [2.05, 4.69) is 50.2 Å². The van der Waals surface area contributed by atoms with E-state index in [4.69, 9.17) is 0 Å². The number of ketones is 1. The van der Waals surface area contributed by atoms with Crippen molar-refractivity contribution in [3.8, 4) is 0 Å². The third-order valence-corrected chi connectivity index (χ3v) is 4.29. The van der Waals surface area contributed by atoms with E-state index in [-0.39, 0.29) is 11.2 Å². The van der Waals surface area contributed by atoms with Gasteiger partial charge in [-0.15, -0.1) is 0 Å². The second-order valence-electron chi connectivity index (χ2n) is 6.19. The lowest BCUT2D eigenvalue weighted by molar-refractivity contribution is 0.0976. The average molecular weight is 264 g/mol. The van der Waals surface area contributed by atoms with Crippen LogP contribution in [-0.4, -0.2) is 5.78 Å². The van der Waals surface area contributed by atoms with Crippen molar-refractivity contribution in [2.24, 2.45) is 5.92 Å². The SMILES string of the molecule is CC(C)CC1(c2ccccc2)CC(=O)c2ccccc21. The van der Waals surface area contributed by atoms with Crippen molar-refractivity contribution in [3.63, 3.8) is 0 Å². The monoisotopic (exact) mass is 264 g/mol. The van der Waals surface area contributed by atoms with E-state index >= 15 is 0 Å². The number of rotatable bonds is 3. The van der Waals surface area contributed by atoms with Crippen LogP contribution >= 0.6 is 0 Å². The molecule has 2 aromatic carbocycles. The Morgan fingerprint density at radius 1 is 1.00 bits per heavy atom. The first-order chi connectivity index (χ1) is 9.63. The Kier molecular flexibility index (Phi) is 3.21. The molecule has 0 saturated carbocycles. The summed E-state index contributed by atoms with van der Waals surface area (Å²) in [5.41, 5.74) is 3.26. The molecule has 0 saturated heterocycles. The quantitative estimate of drug-likeness (QED) is 0.791. The highest BCUT2D eigenvalue weighted by Gasteiger charge is 2.44. The van der Waals surface area contributed by atoms with Crippen LogP contribution in [0.15, 0.2) is 54.6 Å². The van der Waals surface area contributed by atoms with Gasteiger partial charge in [-0.25, -0.2) is 0 Å². The second-order valence-corrected chi connectivity index (χ2v) is 6.19. The molecule has 0 N–H and O–H groups in total. The molecule has 0 heterocycles. The lowest BCUT2D eigenvalue weighted by Crippen LogP contribution is -2.27. The van der Waals surface area contributed by atoms with Gasteiger partial charge in [-0.1, -0.05) is 68.4 Å². The van der Waals surface area contributed by atoms with Gasteiger partial charge in [-0.05, 0) is 23.5 Å². The molecule has 0 aliphatic heterocycles. The van der Waals surface area contributed by atoms with Crippen molar-refractivity contribution >= 4 is 5.78 Å². The number of benzene rings is 2. The molecule has 1 heteroatoms. The smallest absolute Gasteiger partial charge is 0.164 e. The minimum absolute atomic E-state index is 0.136. The summed E-state index contributed by atoms with van der Waals surface area (Å²) in [5, 5.41) is 0. The zero-order valence-electron chi connectivity index (χ0n) is 12.1. The van der Waals surface area contributed by atoms with E-state index < -0.39 is 0 Å². The summed E-state index contributed by atoms with van der Waals surface area (Å²) in [7, 11) is 0. The van der Waals surface area contributed by atoms with E-state index in [1.165, 1.54) is 11.1 Å². The van der Waals surface area contributed by atoms with Crippen LogP contribution in [0.4, 0.5) is 0 Å². The Balaban J connectivity index is 2.21. The van der Waals surface area contributed by atoms with Crippen molar-refractivity contribution in [1.29, 1.82) is 0 Å². The van der Waals surface area contributed by atoms with Crippen molar-refractivity contribution < 1.29 is 4.79 Å². The van der Waals surface area contributed by atoms with Crippen LogP contribution in [-0.2, 0) is 5.41 Å². The number of fused-ring (bicyclic) bond motifs is 1. The van der Waals surface area contributed by atoms with Gasteiger partial charge in [-0.3, -0.25) is 4.79 Å². The lowest BCUT2D eigenvalue weighted by atomic mass is 9.70. The van der Waals surface area contributed by atoms with E-state index in [0.29, 0.717) is 12.3 Å². The van der Waals surface area contributed by atoms with Crippen molar-refractivity contribution in [1.82, 2.24) is 0 Å². The Morgan fingerprint density at radius 3 is 2.35 bits per heavy atom. The minimum atomic E-state index is -0.136. The summed E-state index contributed by atoms with van der Waals surface area (Å²) in [6.45, 7) is 4.46. The largest absolute Gasteiger partial charge is 0.294 e. The highest BCUT2D eigenvalue weighted by molar-refractivity contribution is 6.03. The van der Waals surface area contributed by atoms with E-state index in [0.717, 1.165) is 12.0 Å². The molecule has 1 aliphatic carbocycles. The number of hydrogen-bond donors (Lipinski definition) is 0. The molecular formula is C19H20O. The van der Waals surface area contributed by atoms with Gasteiger partial charge in [0, 0.05) is 17.4 Å². The van der Waals surface area contributed by atoms with Crippen molar-refractivity contribution in [2.45, 2.75) is 32.1 Å². The third kappa shape index (κ3) is 1.98. The maximum absolute atomic E-state index is 12.4. The van der Waals surface area contributed by atoms with Crippen LogP contribution < -0.4 is 0 Å². The van der Waals surface area contributed by atoms with E-state index in [9.17, 15) is 4.79 Å². The van der Waals surface area contributed by atoms with Gasteiger partial charge in [-0.2, -0.15) is 0 Å². The Hall–Kier alpha value is -1.89. The molecule has 0 amide bonds. The molecule has 3 rings (SSSR count). The summed E-state index contributed by atoms with van der Waals surface area (Å²) in [6.07, 6.45) is 1.62. The summed E-state index contributed by atoms with van der Waals surface area (Å²) in [5.74, 6) is 0.833. The van der Waals surface area contributed by atoms with Gasteiger partial charge in [0.1, 0.15) is 0 Å². The third-order valence-electron chi connectivity index (χ3n) is 4.29. The van der Waals surface area contributed by atoms with Gasteiger partial charge >= 0.3 is 0 Å². The topological polar surface area (TPSA) is 17.1 Å². The second kappa shape index (κ2) is 4.90. The highest BCUT2D eigenvalue weighted by atomic mass is 16.1. The van der Waals surface area contributed by atoms with Crippen molar-refractivity contribution in [2.75, 3.05) is 0 Å². The normalized spacial score (nSPS) is 21.2. The summed E-state index contributed by atoms with van der Waals surface area (Å²) in [6, 6.07) is 18.6. The van der Waals surface area contributed by atoms with Crippen LogP contribution in [0.2, 0.25) is 0 Å². The predicted molar refractivity (Wildman–Crippen MR) is 82.1 cm³/mol. The van der Waals surface area contributed by atoms with Gasteiger partial charge in [0.25, 0.3) is 0 Å². The fourth-order valence-electron chi connectivity index (χ4n) is 3.62. The Bertz CT molecular complexity index is 627. The zero-order valence-corrected chi connectivity index (χ0v) is 12.1. The first-order valence-corrected chi connectivity index (χ1v) is 7.32. The lowest BCUT2D eigenvalue weighted by Gasteiger charge is -2.32. The minimum Gasteiger partial charge on any atom is -0.294 e. The first-order valence-electron chi connectivity index (χ1n) is 7.32. The summed E-state index contributed by atoms with van der Waals surface area (Å²) in [4.78, 5) is 12.4. The molecule has 20 heavy (non-hydrogen) atoms. The standard InChI is InChI=1S/C19H20O/c1-14(2)12-19(15-8-4-3-5-9-15)13-18(20)16-10-6-7-11-17(16)19/h3-11,14H,12-13H2,1-2H3. The molecule has 0 spiro atoms. The fraction of sp³-hybridized carbons (Fsp3) is 0.316. The molecule has 2 aromatic rings. The number of carbonyl (C=O) groups is 1. The van der Waals surface area contributed by atoms with E-state index in [1.807, 2.05) is 18.2 Å². The number of hydrogen-bond acceptors (Lipinski definition) is 1. The van der Waals surface area contributed by atoms with Gasteiger partial charge in [0.2, 0.25) is 0 Å². The molecule has 1 atom stereocenters. The van der Waals surface area contributed by atoms with Crippen LogP contribution in [0.5, 0.6) is 0 Å². The maximum Gasteiger partial charge on any atom is 0.164 e. The molecule has 0 aromatic heterocycles. The van der Waals surface area contributed by atoms with Crippen molar-refractivity contribution in [3.05, 3.63) is 71.3 Å². The number of Topliss-reactive ketones (excluding diaryl/α,β-unsaturated/α-hetero) is 1. The molecular weight excluding hydrogens is 244 g/mol. The number of carbonyl (C=O) groups excluding carboxylic acids is 1. The van der Waals surface area contributed by atoms with Gasteiger partial charge in [0.15, 0.2) is 5.78 Å². The molecule has 0 bridgehead atoms. The Morgan fingerprint density at radius 2 is 1.65 bits per heavy atom. The maximum atomic E-state index is 12.4. The van der Waals surface area contributed by atoms with E-state index in [1.54, 1.807) is 0 Å². The van der Waals surface area contributed by atoms with Gasteiger partial charge < -0.3 is 0 Å². The summed E-state index contributed by atoms with van der Waals surface area (Å²) < 4.78 is 0. The van der Waals surface area contributed by atoms with Crippen LogP contribution in [0, 0.1) is 5.92 Å². The van der Waals surface area contributed by atoms with Crippen LogP contribution in [0.3, 0.4) is 0 Å². The first kappa shape index (κ1) is 13.1. The highest BCUT2D eigenvalue weighted by Crippen LogP contribution is 2.47. The Labute approximate surface area is 120 Å². The molecule has 1 unspecified atom stereocenters. The van der Waals surface area contributed by atoms with Crippen LogP contribution in [0.1, 0.15) is 48.2 Å². The molecule has 0 fully saturated rings.